The molecule has 1 aromatic carbocycles. The topological polar surface area (TPSA) is 60.3 Å². The standard InChI is InChI=1S/C20H26N2O3/c1-5-22-14(2)13-18(15(22)3)20(24)25-16(4)19(23)21-12-11-17-9-7-6-8-10-17/h6-10,13,16H,5,11-12H2,1-4H3,(H,21,23)/t16-/m1/s1. The maximum absolute atomic E-state index is 12.3. The molecule has 1 amide bonds. The van der Waals surface area contributed by atoms with Crippen LogP contribution in [0.1, 0.15) is 41.2 Å². The van der Waals surface area contributed by atoms with Gasteiger partial charge in [0.15, 0.2) is 6.10 Å². The highest BCUT2D eigenvalue weighted by Gasteiger charge is 2.22. The summed E-state index contributed by atoms with van der Waals surface area (Å²) in [4.78, 5) is 24.5. The van der Waals surface area contributed by atoms with E-state index in [1.54, 1.807) is 13.0 Å². The number of hydrogen-bond acceptors (Lipinski definition) is 3. The zero-order valence-electron chi connectivity index (χ0n) is 15.3. The third-order valence-corrected chi connectivity index (χ3v) is 4.32. The van der Waals surface area contributed by atoms with E-state index >= 15 is 0 Å². The maximum Gasteiger partial charge on any atom is 0.340 e. The summed E-state index contributed by atoms with van der Waals surface area (Å²) in [5, 5.41) is 2.81. The van der Waals surface area contributed by atoms with E-state index < -0.39 is 12.1 Å². The largest absolute Gasteiger partial charge is 0.449 e. The number of nitrogens with zero attached hydrogens (tertiary/aromatic N) is 1. The average Bonchev–Trinajstić information content (AvgIpc) is 2.89. The Balaban J connectivity index is 1.87. The van der Waals surface area contributed by atoms with E-state index in [2.05, 4.69) is 5.32 Å². The summed E-state index contributed by atoms with van der Waals surface area (Å²) in [6.07, 6.45) is -0.0850. The quantitative estimate of drug-likeness (QED) is 0.787. The first-order valence-corrected chi connectivity index (χ1v) is 8.63. The Morgan fingerprint density at radius 1 is 1.20 bits per heavy atom. The Kier molecular flexibility index (Phi) is 6.39. The van der Waals surface area contributed by atoms with Gasteiger partial charge in [-0.3, -0.25) is 4.79 Å². The van der Waals surface area contributed by atoms with Crippen LogP contribution in [0.25, 0.3) is 0 Å². The Morgan fingerprint density at radius 2 is 1.88 bits per heavy atom. The van der Waals surface area contributed by atoms with Gasteiger partial charge in [-0.1, -0.05) is 30.3 Å². The van der Waals surface area contributed by atoms with Crippen molar-refractivity contribution >= 4 is 11.9 Å². The molecule has 0 saturated carbocycles. The Bertz CT molecular complexity index is 735. The van der Waals surface area contributed by atoms with Crippen LogP contribution in [0.4, 0.5) is 0 Å². The normalized spacial score (nSPS) is 11.8. The van der Waals surface area contributed by atoms with Gasteiger partial charge >= 0.3 is 5.97 Å². The predicted octanol–water partition coefficient (Wildman–Crippen LogP) is 3.03. The summed E-state index contributed by atoms with van der Waals surface area (Å²) in [5.41, 5.74) is 3.54. The lowest BCUT2D eigenvalue weighted by atomic mass is 10.1. The second-order valence-electron chi connectivity index (χ2n) is 6.10. The molecule has 5 nitrogen and oxygen atoms in total. The molecule has 0 radical (unpaired) electrons. The molecule has 1 heterocycles. The highest BCUT2D eigenvalue weighted by Crippen LogP contribution is 2.16. The van der Waals surface area contributed by atoms with Gasteiger partial charge in [0, 0.05) is 24.5 Å². The first-order valence-electron chi connectivity index (χ1n) is 8.63. The number of aromatic nitrogens is 1. The molecular weight excluding hydrogens is 316 g/mol. The minimum atomic E-state index is -0.826. The fraction of sp³-hybridized carbons (Fsp3) is 0.400. The lowest BCUT2D eigenvalue weighted by molar-refractivity contribution is -0.129. The van der Waals surface area contributed by atoms with Gasteiger partial charge in [-0.25, -0.2) is 4.79 Å². The third-order valence-electron chi connectivity index (χ3n) is 4.32. The number of aryl methyl sites for hydroxylation is 1. The highest BCUT2D eigenvalue weighted by molar-refractivity contribution is 5.93. The lowest BCUT2D eigenvalue weighted by Gasteiger charge is -2.14. The van der Waals surface area contributed by atoms with E-state index in [4.69, 9.17) is 4.74 Å². The van der Waals surface area contributed by atoms with Gasteiger partial charge < -0.3 is 14.6 Å². The van der Waals surface area contributed by atoms with E-state index in [0.717, 1.165) is 29.9 Å². The second-order valence-corrected chi connectivity index (χ2v) is 6.10. The number of amides is 1. The van der Waals surface area contributed by atoms with Crippen LogP contribution in [0.5, 0.6) is 0 Å². The second kappa shape index (κ2) is 8.51. The molecule has 0 unspecified atom stereocenters. The summed E-state index contributed by atoms with van der Waals surface area (Å²) in [5.74, 6) is -0.743. The molecule has 0 spiro atoms. The first-order chi connectivity index (χ1) is 11.9. The van der Waals surface area contributed by atoms with Crippen LogP contribution < -0.4 is 5.32 Å². The molecule has 0 bridgehead atoms. The molecule has 1 atom stereocenters. The van der Waals surface area contributed by atoms with Crippen LogP contribution >= 0.6 is 0 Å². The Hall–Kier alpha value is -2.56. The molecular formula is C20H26N2O3. The number of esters is 1. The van der Waals surface area contributed by atoms with Crippen LogP contribution in [0.15, 0.2) is 36.4 Å². The van der Waals surface area contributed by atoms with Crippen molar-refractivity contribution in [3.05, 3.63) is 58.9 Å². The minimum Gasteiger partial charge on any atom is -0.449 e. The number of hydrogen-bond donors (Lipinski definition) is 1. The van der Waals surface area contributed by atoms with Crippen LogP contribution in [0, 0.1) is 13.8 Å². The molecule has 0 aliphatic heterocycles. The van der Waals surface area contributed by atoms with Crippen LogP contribution in [0.2, 0.25) is 0 Å². The third kappa shape index (κ3) is 4.72. The highest BCUT2D eigenvalue weighted by atomic mass is 16.5. The minimum absolute atomic E-state index is 0.284. The molecule has 1 aromatic heterocycles. The van der Waals surface area contributed by atoms with E-state index in [9.17, 15) is 9.59 Å². The van der Waals surface area contributed by atoms with Gasteiger partial charge in [0.25, 0.3) is 5.91 Å². The van der Waals surface area contributed by atoms with Gasteiger partial charge in [-0.05, 0) is 45.7 Å². The van der Waals surface area contributed by atoms with Crippen LogP contribution in [-0.4, -0.2) is 29.1 Å². The number of benzene rings is 1. The summed E-state index contributed by atoms with van der Waals surface area (Å²) in [6.45, 7) is 8.76. The lowest BCUT2D eigenvalue weighted by Crippen LogP contribution is -2.37. The monoisotopic (exact) mass is 342 g/mol. The first kappa shape index (κ1) is 18.8. The van der Waals surface area contributed by atoms with Crippen molar-refractivity contribution in [1.29, 1.82) is 0 Å². The molecule has 2 rings (SSSR count). The van der Waals surface area contributed by atoms with E-state index in [0.29, 0.717) is 12.1 Å². The average molecular weight is 342 g/mol. The van der Waals surface area contributed by atoms with Crippen molar-refractivity contribution in [2.45, 2.75) is 46.8 Å². The number of rotatable bonds is 7. The number of ether oxygens (including phenoxy) is 1. The van der Waals surface area contributed by atoms with Crippen molar-refractivity contribution in [3.63, 3.8) is 0 Å². The fourth-order valence-electron chi connectivity index (χ4n) is 2.89. The van der Waals surface area contributed by atoms with E-state index in [1.165, 1.54) is 0 Å². The molecule has 0 saturated heterocycles. The van der Waals surface area contributed by atoms with Crippen molar-refractivity contribution in [3.8, 4) is 0 Å². The zero-order valence-corrected chi connectivity index (χ0v) is 15.3. The molecule has 1 N–H and O–H groups in total. The smallest absolute Gasteiger partial charge is 0.340 e. The van der Waals surface area contributed by atoms with Crippen molar-refractivity contribution < 1.29 is 14.3 Å². The van der Waals surface area contributed by atoms with Gasteiger partial charge in [0.05, 0.1) is 5.56 Å². The summed E-state index contributed by atoms with van der Waals surface area (Å²) >= 11 is 0. The molecule has 2 aromatic rings. The van der Waals surface area contributed by atoms with Crippen LogP contribution in [-0.2, 0) is 22.5 Å². The van der Waals surface area contributed by atoms with Crippen molar-refractivity contribution in [1.82, 2.24) is 9.88 Å². The van der Waals surface area contributed by atoms with E-state index in [-0.39, 0.29) is 5.91 Å². The molecule has 25 heavy (non-hydrogen) atoms. The van der Waals surface area contributed by atoms with Crippen molar-refractivity contribution in [2.75, 3.05) is 6.54 Å². The van der Waals surface area contributed by atoms with Gasteiger partial charge in [-0.15, -0.1) is 0 Å². The van der Waals surface area contributed by atoms with Crippen LogP contribution in [0.3, 0.4) is 0 Å². The predicted molar refractivity (Wildman–Crippen MR) is 97.6 cm³/mol. The Morgan fingerprint density at radius 3 is 2.48 bits per heavy atom. The SMILES string of the molecule is CCn1c(C)cc(C(=O)O[C@H](C)C(=O)NCCc2ccccc2)c1C. The van der Waals surface area contributed by atoms with E-state index in [1.807, 2.05) is 55.7 Å². The summed E-state index contributed by atoms with van der Waals surface area (Å²) < 4.78 is 7.37. The zero-order chi connectivity index (χ0) is 18.4. The van der Waals surface area contributed by atoms with Gasteiger partial charge in [-0.2, -0.15) is 0 Å². The number of carbonyl (C=O) groups excluding carboxylic acids is 2. The Labute approximate surface area is 149 Å². The molecule has 5 heteroatoms. The molecule has 0 fully saturated rings. The summed E-state index contributed by atoms with van der Waals surface area (Å²) in [7, 11) is 0. The fourth-order valence-corrected chi connectivity index (χ4v) is 2.89. The van der Waals surface area contributed by atoms with Gasteiger partial charge in [0.2, 0.25) is 0 Å². The number of carbonyl (C=O) groups is 2. The molecule has 0 aliphatic carbocycles. The summed E-state index contributed by atoms with van der Waals surface area (Å²) in [6, 6.07) is 11.7. The van der Waals surface area contributed by atoms with Crippen molar-refractivity contribution in [2.24, 2.45) is 0 Å². The maximum atomic E-state index is 12.3. The number of nitrogens with one attached hydrogen (secondary N) is 1. The van der Waals surface area contributed by atoms with Gasteiger partial charge in [0.1, 0.15) is 0 Å². The molecule has 0 aliphatic rings. The molecule has 134 valence electrons.